The summed E-state index contributed by atoms with van der Waals surface area (Å²) in [5.41, 5.74) is 0.546. The number of benzene rings is 1. The number of nitrogens with one attached hydrogen (secondary N) is 1. The van der Waals surface area contributed by atoms with Crippen LogP contribution in [0.2, 0.25) is 5.02 Å². The minimum absolute atomic E-state index is 0.0340. The SMILES string of the molecule is CC(C(=O)NC1CCCC1)N1CCN(C(=O)c2ccccc2Cl)CC1. The van der Waals surface area contributed by atoms with Gasteiger partial charge in [-0.25, -0.2) is 0 Å². The van der Waals surface area contributed by atoms with Gasteiger partial charge in [-0.3, -0.25) is 14.5 Å². The van der Waals surface area contributed by atoms with Gasteiger partial charge in [-0.05, 0) is 31.9 Å². The van der Waals surface area contributed by atoms with Crippen LogP contribution in [0, 0.1) is 0 Å². The smallest absolute Gasteiger partial charge is 0.255 e. The van der Waals surface area contributed by atoms with E-state index in [0.717, 1.165) is 12.8 Å². The third kappa shape index (κ3) is 4.33. The Bertz CT molecular complexity index is 623. The third-order valence-electron chi connectivity index (χ3n) is 5.33. The van der Waals surface area contributed by atoms with Gasteiger partial charge in [0.1, 0.15) is 0 Å². The Hall–Kier alpha value is -1.59. The van der Waals surface area contributed by atoms with Crippen molar-refractivity contribution in [1.29, 1.82) is 0 Å². The normalized spacial score (nSPS) is 20.5. The van der Waals surface area contributed by atoms with E-state index in [0.29, 0.717) is 42.8 Å². The standard InChI is InChI=1S/C19H26ClN3O2/c1-14(18(24)21-15-6-2-3-7-15)22-10-12-23(13-11-22)19(25)16-8-4-5-9-17(16)20/h4-5,8-9,14-15H,2-3,6-7,10-13H2,1H3,(H,21,24). The van der Waals surface area contributed by atoms with Crippen LogP contribution in [0.15, 0.2) is 24.3 Å². The molecule has 1 N–H and O–H groups in total. The average Bonchev–Trinajstić information content (AvgIpc) is 3.14. The molecule has 5 nitrogen and oxygen atoms in total. The monoisotopic (exact) mass is 363 g/mol. The van der Waals surface area contributed by atoms with Crippen LogP contribution in [0.1, 0.15) is 43.0 Å². The molecule has 0 spiro atoms. The first-order valence-corrected chi connectivity index (χ1v) is 9.52. The van der Waals surface area contributed by atoms with Crippen molar-refractivity contribution in [2.45, 2.75) is 44.7 Å². The van der Waals surface area contributed by atoms with Crippen LogP contribution in [-0.2, 0) is 4.79 Å². The summed E-state index contributed by atoms with van der Waals surface area (Å²) in [4.78, 5) is 29.0. The number of rotatable bonds is 4. The van der Waals surface area contributed by atoms with Crippen molar-refractivity contribution in [2.75, 3.05) is 26.2 Å². The fourth-order valence-electron chi connectivity index (χ4n) is 3.68. The van der Waals surface area contributed by atoms with Gasteiger partial charge in [0.05, 0.1) is 16.6 Å². The second kappa shape index (κ2) is 8.19. The van der Waals surface area contributed by atoms with Crippen molar-refractivity contribution in [2.24, 2.45) is 0 Å². The number of nitrogens with zero attached hydrogens (tertiary/aromatic N) is 2. The number of hydrogen-bond donors (Lipinski definition) is 1. The first-order chi connectivity index (χ1) is 12.1. The molecule has 2 amide bonds. The highest BCUT2D eigenvalue weighted by molar-refractivity contribution is 6.33. The molecule has 1 aromatic carbocycles. The molecule has 1 saturated heterocycles. The minimum atomic E-state index is -0.154. The number of carbonyl (C=O) groups excluding carboxylic acids is 2. The lowest BCUT2D eigenvalue weighted by molar-refractivity contribution is -0.127. The van der Waals surface area contributed by atoms with Gasteiger partial charge in [-0.15, -0.1) is 0 Å². The fraction of sp³-hybridized carbons (Fsp3) is 0.579. The van der Waals surface area contributed by atoms with Gasteiger partial charge < -0.3 is 10.2 Å². The molecule has 1 aliphatic heterocycles. The summed E-state index contributed by atoms with van der Waals surface area (Å²) in [5, 5.41) is 3.65. The van der Waals surface area contributed by atoms with Gasteiger partial charge in [0.25, 0.3) is 5.91 Å². The maximum atomic E-state index is 12.6. The lowest BCUT2D eigenvalue weighted by atomic mass is 10.1. The number of amides is 2. The molecule has 6 heteroatoms. The van der Waals surface area contributed by atoms with Crippen molar-refractivity contribution < 1.29 is 9.59 Å². The zero-order valence-corrected chi connectivity index (χ0v) is 15.5. The van der Waals surface area contributed by atoms with E-state index in [1.165, 1.54) is 12.8 Å². The highest BCUT2D eigenvalue weighted by atomic mass is 35.5. The van der Waals surface area contributed by atoms with Crippen LogP contribution < -0.4 is 5.32 Å². The van der Waals surface area contributed by atoms with E-state index in [-0.39, 0.29) is 17.9 Å². The van der Waals surface area contributed by atoms with E-state index in [1.807, 2.05) is 24.0 Å². The van der Waals surface area contributed by atoms with Crippen molar-refractivity contribution in [3.8, 4) is 0 Å². The van der Waals surface area contributed by atoms with Crippen molar-refractivity contribution in [1.82, 2.24) is 15.1 Å². The average molecular weight is 364 g/mol. The molecule has 1 unspecified atom stereocenters. The molecule has 1 heterocycles. The van der Waals surface area contributed by atoms with Crippen molar-refractivity contribution >= 4 is 23.4 Å². The number of carbonyl (C=O) groups is 2. The summed E-state index contributed by atoms with van der Waals surface area (Å²) in [7, 11) is 0. The lowest BCUT2D eigenvalue weighted by Gasteiger charge is -2.37. The summed E-state index contributed by atoms with van der Waals surface area (Å²) in [6.45, 7) is 4.59. The molecule has 2 fully saturated rings. The maximum absolute atomic E-state index is 12.6. The van der Waals surface area contributed by atoms with Gasteiger partial charge in [0, 0.05) is 32.2 Å². The Kier molecular flexibility index (Phi) is 5.97. The quantitative estimate of drug-likeness (QED) is 0.894. The van der Waals surface area contributed by atoms with Gasteiger partial charge in [-0.1, -0.05) is 36.6 Å². The molecule has 136 valence electrons. The summed E-state index contributed by atoms with van der Waals surface area (Å²) in [6.07, 6.45) is 4.61. The van der Waals surface area contributed by atoms with E-state index < -0.39 is 0 Å². The van der Waals surface area contributed by atoms with Gasteiger partial charge in [0.2, 0.25) is 5.91 Å². The van der Waals surface area contributed by atoms with Crippen LogP contribution in [0.3, 0.4) is 0 Å². The van der Waals surface area contributed by atoms with E-state index in [1.54, 1.807) is 12.1 Å². The number of piperazine rings is 1. The molecule has 1 atom stereocenters. The summed E-state index contributed by atoms with van der Waals surface area (Å²) in [5.74, 6) is 0.0751. The Labute approximate surface area is 154 Å². The predicted molar refractivity (Wildman–Crippen MR) is 98.8 cm³/mol. The molecular weight excluding hydrogens is 338 g/mol. The van der Waals surface area contributed by atoms with Gasteiger partial charge >= 0.3 is 0 Å². The minimum Gasteiger partial charge on any atom is -0.352 e. The molecule has 0 aromatic heterocycles. The molecule has 1 saturated carbocycles. The maximum Gasteiger partial charge on any atom is 0.255 e. The summed E-state index contributed by atoms with van der Waals surface area (Å²) < 4.78 is 0. The van der Waals surface area contributed by atoms with Gasteiger partial charge in [-0.2, -0.15) is 0 Å². The van der Waals surface area contributed by atoms with E-state index in [4.69, 9.17) is 11.6 Å². The zero-order chi connectivity index (χ0) is 17.8. The van der Waals surface area contributed by atoms with Crippen LogP contribution in [0.25, 0.3) is 0 Å². The molecular formula is C19H26ClN3O2. The summed E-state index contributed by atoms with van der Waals surface area (Å²) in [6, 6.07) is 7.33. The van der Waals surface area contributed by atoms with Crippen molar-refractivity contribution in [3.63, 3.8) is 0 Å². The van der Waals surface area contributed by atoms with E-state index in [2.05, 4.69) is 10.2 Å². The van der Waals surface area contributed by atoms with Crippen LogP contribution >= 0.6 is 11.6 Å². The molecule has 1 aromatic rings. The first kappa shape index (κ1) is 18.2. The molecule has 0 radical (unpaired) electrons. The topological polar surface area (TPSA) is 52.7 Å². The molecule has 1 aliphatic carbocycles. The van der Waals surface area contributed by atoms with Crippen LogP contribution in [0.5, 0.6) is 0 Å². The first-order valence-electron chi connectivity index (χ1n) is 9.14. The lowest BCUT2D eigenvalue weighted by Crippen LogP contribution is -2.55. The Balaban J connectivity index is 1.51. The highest BCUT2D eigenvalue weighted by Gasteiger charge is 2.29. The highest BCUT2D eigenvalue weighted by Crippen LogP contribution is 2.20. The Morgan fingerprint density at radius 2 is 1.76 bits per heavy atom. The van der Waals surface area contributed by atoms with E-state index in [9.17, 15) is 9.59 Å². The zero-order valence-electron chi connectivity index (χ0n) is 14.7. The predicted octanol–water partition coefficient (Wildman–Crippen LogP) is 2.55. The fourth-order valence-corrected chi connectivity index (χ4v) is 3.89. The Morgan fingerprint density at radius 3 is 2.40 bits per heavy atom. The second-order valence-electron chi connectivity index (χ2n) is 6.97. The second-order valence-corrected chi connectivity index (χ2v) is 7.38. The molecule has 3 rings (SSSR count). The largest absolute Gasteiger partial charge is 0.352 e. The molecule has 2 aliphatic rings. The van der Waals surface area contributed by atoms with Crippen LogP contribution in [0.4, 0.5) is 0 Å². The van der Waals surface area contributed by atoms with Crippen LogP contribution in [-0.4, -0.2) is 59.9 Å². The number of hydrogen-bond acceptors (Lipinski definition) is 3. The molecule has 25 heavy (non-hydrogen) atoms. The molecule has 0 bridgehead atoms. The van der Waals surface area contributed by atoms with E-state index >= 15 is 0 Å². The summed E-state index contributed by atoms with van der Waals surface area (Å²) >= 11 is 6.13. The van der Waals surface area contributed by atoms with Gasteiger partial charge in [0.15, 0.2) is 0 Å². The van der Waals surface area contributed by atoms with Crippen molar-refractivity contribution in [3.05, 3.63) is 34.9 Å². The number of halogens is 1. The third-order valence-corrected chi connectivity index (χ3v) is 5.66. The Morgan fingerprint density at radius 1 is 1.12 bits per heavy atom.